The Balaban J connectivity index is 2.16. The van der Waals surface area contributed by atoms with E-state index < -0.39 is 17.2 Å². The van der Waals surface area contributed by atoms with Gasteiger partial charge in [0.05, 0.1) is 5.56 Å². The van der Waals surface area contributed by atoms with E-state index in [1.54, 1.807) is 36.5 Å². The molecule has 2 aromatic carbocycles. The summed E-state index contributed by atoms with van der Waals surface area (Å²) >= 11 is 3.39. The van der Waals surface area contributed by atoms with Crippen LogP contribution >= 0.6 is 15.9 Å². The van der Waals surface area contributed by atoms with Crippen LogP contribution in [0.5, 0.6) is 0 Å². The molecular weight excluding hydrogens is 400 g/mol. The van der Waals surface area contributed by atoms with Crippen molar-refractivity contribution < 1.29 is 8.78 Å². The van der Waals surface area contributed by atoms with E-state index in [0.717, 1.165) is 5.69 Å². The van der Waals surface area contributed by atoms with E-state index in [4.69, 9.17) is 5.73 Å². The van der Waals surface area contributed by atoms with Crippen molar-refractivity contribution >= 4 is 21.8 Å². The van der Waals surface area contributed by atoms with Crippen molar-refractivity contribution in [3.8, 4) is 0 Å². The first kappa shape index (κ1) is 16.8. The highest BCUT2D eigenvalue weighted by atomic mass is 79.9. The molecule has 4 rings (SSSR count). The van der Waals surface area contributed by atoms with Crippen LogP contribution in [0, 0.1) is 18.6 Å². The summed E-state index contributed by atoms with van der Waals surface area (Å²) < 4.78 is 30.1. The van der Waals surface area contributed by atoms with Crippen LogP contribution in [0.15, 0.2) is 64.2 Å². The predicted molar refractivity (Wildman–Crippen MR) is 100 cm³/mol. The van der Waals surface area contributed by atoms with E-state index in [1.165, 1.54) is 12.1 Å². The summed E-state index contributed by atoms with van der Waals surface area (Å²) in [5.74, 6) is -0.880. The van der Waals surface area contributed by atoms with Crippen LogP contribution in [-0.4, -0.2) is 10.8 Å². The maximum Gasteiger partial charge on any atom is 0.142 e. The number of hydrogen-bond acceptors (Lipinski definition) is 3. The van der Waals surface area contributed by atoms with Gasteiger partial charge in [-0.15, -0.1) is 0 Å². The Morgan fingerprint density at radius 3 is 2.58 bits per heavy atom. The van der Waals surface area contributed by atoms with E-state index >= 15 is 0 Å². The fourth-order valence-electron chi connectivity index (χ4n) is 3.51. The van der Waals surface area contributed by atoms with Crippen molar-refractivity contribution in [1.82, 2.24) is 4.98 Å². The van der Waals surface area contributed by atoms with Crippen molar-refractivity contribution in [1.29, 1.82) is 0 Å². The van der Waals surface area contributed by atoms with Gasteiger partial charge in [0.1, 0.15) is 23.0 Å². The zero-order valence-electron chi connectivity index (χ0n) is 13.8. The first-order valence-corrected chi connectivity index (χ1v) is 8.76. The maximum atomic E-state index is 14.9. The molecule has 26 heavy (non-hydrogen) atoms. The molecule has 0 aliphatic carbocycles. The number of aromatic nitrogens is 1. The second kappa shape index (κ2) is 5.99. The topological polar surface area (TPSA) is 51.3 Å². The van der Waals surface area contributed by atoms with Gasteiger partial charge in [-0.05, 0) is 48.9 Å². The number of aryl methyl sites for hydroxylation is 1. The predicted octanol–water partition coefficient (Wildman–Crippen LogP) is 4.44. The van der Waals surface area contributed by atoms with Crippen molar-refractivity contribution in [2.75, 3.05) is 0 Å². The second-order valence-electron chi connectivity index (χ2n) is 6.18. The van der Waals surface area contributed by atoms with Crippen LogP contribution in [0.25, 0.3) is 0 Å². The molecule has 0 fully saturated rings. The zero-order chi connectivity index (χ0) is 18.5. The van der Waals surface area contributed by atoms with Gasteiger partial charge >= 0.3 is 0 Å². The third-order valence-electron chi connectivity index (χ3n) is 4.58. The summed E-state index contributed by atoms with van der Waals surface area (Å²) in [6.45, 7) is 1.84. The average Bonchev–Trinajstić information content (AvgIpc) is 2.92. The molecule has 2 N–H and O–H groups in total. The van der Waals surface area contributed by atoms with Gasteiger partial charge in [-0.3, -0.25) is 4.98 Å². The smallest absolute Gasteiger partial charge is 0.142 e. The summed E-state index contributed by atoms with van der Waals surface area (Å²) in [4.78, 5) is 8.81. The van der Waals surface area contributed by atoms with E-state index in [0.29, 0.717) is 21.2 Å². The Morgan fingerprint density at radius 1 is 1.00 bits per heavy atom. The van der Waals surface area contributed by atoms with Crippen LogP contribution in [0.3, 0.4) is 0 Å². The molecule has 130 valence electrons. The minimum atomic E-state index is -1.27. The first-order chi connectivity index (χ1) is 12.4. The van der Waals surface area contributed by atoms with Gasteiger partial charge in [-0.25, -0.2) is 13.8 Å². The van der Waals surface area contributed by atoms with Crippen molar-refractivity contribution in [3.63, 3.8) is 0 Å². The molecule has 1 unspecified atom stereocenters. The van der Waals surface area contributed by atoms with Gasteiger partial charge in [-0.1, -0.05) is 28.1 Å². The van der Waals surface area contributed by atoms with E-state index in [2.05, 4.69) is 25.9 Å². The van der Waals surface area contributed by atoms with E-state index in [-0.39, 0.29) is 11.4 Å². The van der Waals surface area contributed by atoms with Crippen LogP contribution in [0.4, 0.5) is 8.78 Å². The van der Waals surface area contributed by atoms with Crippen molar-refractivity contribution in [3.05, 3.63) is 98.8 Å². The maximum absolute atomic E-state index is 14.9. The summed E-state index contributed by atoms with van der Waals surface area (Å²) in [6.07, 6.45) is 1.63. The summed E-state index contributed by atoms with van der Waals surface area (Å²) in [7, 11) is 0. The lowest BCUT2D eigenvalue weighted by molar-refractivity contribution is 0.557. The summed E-state index contributed by atoms with van der Waals surface area (Å²) in [5, 5.41) is 0. The quantitative estimate of drug-likeness (QED) is 0.674. The molecule has 1 atom stereocenters. The Kier molecular flexibility index (Phi) is 3.88. The van der Waals surface area contributed by atoms with Gasteiger partial charge < -0.3 is 5.73 Å². The largest absolute Gasteiger partial charge is 0.383 e. The summed E-state index contributed by atoms with van der Waals surface area (Å²) in [6, 6.07) is 12.8. The number of nitrogens with two attached hydrogens (primary N) is 1. The lowest BCUT2D eigenvalue weighted by atomic mass is 9.77. The minimum Gasteiger partial charge on any atom is -0.383 e. The molecule has 1 aliphatic rings. The van der Waals surface area contributed by atoms with Crippen molar-refractivity contribution in [2.24, 2.45) is 10.7 Å². The van der Waals surface area contributed by atoms with Gasteiger partial charge in [0.25, 0.3) is 0 Å². The van der Waals surface area contributed by atoms with Gasteiger partial charge in [-0.2, -0.15) is 0 Å². The van der Waals surface area contributed by atoms with Gasteiger partial charge in [0.2, 0.25) is 0 Å². The highest BCUT2D eigenvalue weighted by Crippen LogP contribution is 2.47. The summed E-state index contributed by atoms with van der Waals surface area (Å²) in [5.41, 5.74) is 7.25. The molecule has 1 aliphatic heterocycles. The van der Waals surface area contributed by atoms with Crippen LogP contribution in [-0.2, 0) is 5.54 Å². The molecular formula is C20H14BrF2N3. The SMILES string of the molecule is Cc1cc(C2(c3cc(Br)ccc3F)N=C(N)c3c(F)cccc32)ccn1. The molecule has 0 bridgehead atoms. The van der Waals surface area contributed by atoms with Crippen molar-refractivity contribution in [2.45, 2.75) is 12.5 Å². The number of benzene rings is 2. The molecule has 1 aromatic heterocycles. The fraction of sp³-hybridized carbons (Fsp3) is 0.100. The fourth-order valence-corrected chi connectivity index (χ4v) is 3.87. The highest BCUT2D eigenvalue weighted by molar-refractivity contribution is 9.10. The molecule has 0 radical (unpaired) electrons. The lowest BCUT2D eigenvalue weighted by Gasteiger charge is -2.29. The zero-order valence-corrected chi connectivity index (χ0v) is 15.4. The Morgan fingerprint density at radius 2 is 1.81 bits per heavy atom. The number of rotatable bonds is 2. The lowest BCUT2D eigenvalue weighted by Crippen LogP contribution is -2.27. The number of aliphatic imine (C=N–C) groups is 1. The monoisotopic (exact) mass is 413 g/mol. The molecule has 3 nitrogen and oxygen atoms in total. The van der Waals surface area contributed by atoms with Gasteiger partial charge in [0.15, 0.2) is 0 Å². The minimum absolute atomic E-state index is 0.0481. The van der Waals surface area contributed by atoms with Gasteiger partial charge in [0, 0.05) is 27.5 Å². The molecule has 0 saturated heterocycles. The second-order valence-corrected chi connectivity index (χ2v) is 7.10. The molecule has 2 heterocycles. The first-order valence-electron chi connectivity index (χ1n) is 7.97. The number of pyridine rings is 1. The standard InChI is InChI=1S/C20H14BrF2N3/c1-11-9-12(7-8-25-11)20(15-10-13(21)5-6-16(15)22)14-3-2-4-17(23)18(14)19(24)26-20/h2-10H,1H3,(H2,24,26). The number of amidine groups is 1. The average molecular weight is 414 g/mol. The third kappa shape index (κ3) is 2.36. The normalized spacial score (nSPS) is 18.5. The Labute approximate surface area is 157 Å². The third-order valence-corrected chi connectivity index (χ3v) is 5.07. The number of fused-ring (bicyclic) bond motifs is 1. The Hall–Kier alpha value is -2.60. The molecule has 3 aromatic rings. The molecule has 0 amide bonds. The molecule has 0 saturated carbocycles. The van der Waals surface area contributed by atoms with E-state index in [1.807, 2.05) is 13.0 Å². The van der Waals surface area contributed by atoms with Crippen LogP contribution < -0.4 is 5.73 Å². The molecule has 6 heteroatoms. The van der Waals surface area contributed by atoms with Crippen LogP contribution in [0.2, 0.25) is 0 Å². The van der Waals surface area contributed by atoms with Crippen LogP contribution in [0.1, 0.15) is 27.9 Å². The number of halogens is 3. The highest BCUT2D eigenvalue weighted by Gasteiger charge is 2.45. The number of nitrogens with zero attached hydrogens (tertiary/aromatic N) is 2. The number of hydrogen-bond donors (Lipinski definition) is 1. The van der Waals surface area contributed by atoms with E-state index in [9.17, 15) is 8.78 Å². The molecule has 0 spiro atoms. The Bertz CT molecular complexity index is 1060.